The highest BCUT2D eigenvalue weighted by atomic mass is 16.6. The van der Waals surface area contributed by atoms with Crippen LogP contribution >= 0.6 is 0 Å². The molecule has 0 saturated carbocycles. The van der Waals surface area contributed by atoms with Crippen molar-refractivity contribution in [2.24, 2.45) is 0 Å². The molecular weight excluding hydrogens is 372 g/mol. The fourth-order valence-electron chi connectivity index (χ4n) is 3.87. The first kappa shape index (κ1) is 21.1. The molecule has 158 valence electrons. The molecule has 2 saturated heterocycles. The summed E-state index contributed by atoms with van der Waals surface area (Å²) >= 11 is 0. The predicted octanol–water partition coefficient (Wildman–Crippen LogP) is 1.11. The number of benzene rings is 1. The zero-order valence-corrected chi connectivity index (χ0v) is 16.9. The summed E-state index contributed by atoms with van der Waals surface area (Å²) in [5.41, 5.74) is 1.12. The molecule has 2 aliphatic heterocycles. The zero-order valence-electron chi connectivity index (χ0n) is 16.9. The van der Waals surface area contributed by atoms with Crippen LogP contribution in [-0.4, -0.2) is 72.6 Å². The Kier molecular flexibility index (Phi) is 7.46. The van der Waals surface area contributed by atoms with Crippen LogP contribution in [0.15, 0.2) is 30.3 Å². The third-order valence-electron chi connectivity index (χ3n) is 5.43. The molecule has 2 N–H and O–H groups in total. The lowest BCUT2D eigenvalue weighted by molar-refractivity contribution is -0.134. The van der Waals surface area contributed by atoms with Crippen LogP contribution in [0, 0.1) is 0 Å². The van der Waals surface area contributed by atoms with E-state index in [-0.39, 0.29) is 30.4 Å². The average Bonchev–Trinajstić information content (AvgIpc) is 2.72. The molecule has 1 aromatic carbocycles. The number of hydrogen-bond acceptors (Lipinski definition) is 5. The van der Waals surface area contributed by atoms with Gasteiger partial charge in [0, 0.05) is 38.8 Å². The Morgan fingerprint density at radius 1 is 1.17 bits per heavy atom. The molecule has 1 aromatic rings. The summed E-state index contributed by atoms with van der Waals surface area (Å²) in [6, 6.07) is 9.52. The molecule has 0 aromatic heterocycles. The minimum Gasteiger partial charge on any atom is -0.450 e. The van der Waals surface area contributed by atoms with Gasteiger partial charge < -0.3 is 20.3 Å². The van der Waals surface area contributed by atoms with E-state index in [2.05, 4.69) is 15.5 Å². The van der Waals surface area contributed by atoms with Crippen molar-refractivity contribution in [1.82, 2.24) is 20.4 Å². The van der Waals surface area contributed by atoms with Gasteiger partial charge >= 0.3 is 6.09 Å². The van der Waals surface area contributed by atoms with Gasteiger partial charge in [-0.05, 0) is 25.3 Å². The van der Waals surface area contributed by atoms with E-state index >= 15 is 0 Å². The Labute approximate surface area is 171 Å². The summed E-state index contributed by atoms with van der Waals surface area (Å²) in [6.07, 6.45) is 1.22. The largest absolute Gasteiger partial charge is 0.450 e. The monoisotopic (exact) mass is 402 g/mol. The molecule has 2 heterocycles. The van der Waals surface area contributed by atoms with Crippen molar-refractivity contribution in [3.63, 3.8) is 0 Å². The molecule has 3 rings (SSSR count). The van der Waals surface area contributed by atoms with Crippen LogP contribution < -0.4 is 10.6 Å². The topological polar surface area (TPSA) is 91.0 Å². The van der Waals surface area contributed by atoms with E-state index in [1.54, 1.807) is 11.8 Å². The maximum atomic E-state index is 12.6. The van der Waals surface area contributed by atoms with E-state index in [4.69, 9.17) is 4.74 Å². The summed E-state index contributed by atoms with van der Waals surface area (Å²) in [7, 11) is 0. The predicted molar refractivity (Wildman–Crippen MR) is 108 cm³/mol. The fourth-order valence-corrected chi connectivity index (χ4v) is 3.87. The van der Waals surface area contributed by atoms with E-state index in [1.807, 2.05) is 30.3 Å². The number of piperidine rings is 1. The number of amides is 3. The summed E-state index contributed by atoms with van der Waals surface area (Å²) in [4.78, 5) is 40.5. The second-order valence-electron chi connectivity index (χ2n) is 7.49. The van der Waals surface area contributed by atoms with Crippen LogP contribution in [0.4, 0.5) is 4.79 Å². The van der Waals surface area contributed by atoms with E-state index in [1.165, 1.54) is 0 Å². The van der Waals surface area contributed by atoms with Crippen molar-refractivity contribution in [3.8, 4) is 0 Å². The molecule has 8 heteroatoms. The van der Waals surface area contributed by atoms with Crippen LogP contribution in [0.25, 0.3) is 0 Å². The Morgan fingerprint density at radius 3 is 2.59 bits per heavy atom. The summed E-state index contributed by atoms with van der Waals surface area (Å²) in [5.74, 6) is -0.223. The number of nitrogens with one attached hydrogen (secondary N) is 2. The van der Waals surface area contributed by atoms with E-state index in [0.717, 1.165) is 12.1 Å². The number of rotatable bonds is 6. The SMILES string of the molecule is CCOC(=O)N1CCC(NC(=O)C[C@H]2C(=O)NCCN2Cc2ccccc2)CC1. The maximum absolute atomic E-state index is 12.6. The molecule has 0 aliphatic carbocycles. The van der Waals surface area contributed by atoms with Gasteiger partial charge in [-0.15, -0.1) is 0 Å². The van der Waals surface area contributed by atoms with Gasteiger partial charge in [0.1, 0.15) is 0 Å². The maximum Gasteiger partial charge on any atom is 0.409 e. The summed E-state index contributed by atoms with van der Waals surface area (Å²) in [5, 5.41) is 5.91. The number of likely N-dealkylation sites (tertiary alicyclic amines) is 1. The van der Waals surface area contributed by atoms with Gasteiger partial charge in [-0.2, -0.15) is 0 Å². The molecule has 2 fully saturated rings. The Balaban J connectivity index is 1.50. The highest BCUT2D eigenvalue weighted by Crippen LogP contribution is 2.16. The van der Waals surface area contributed by atoms with E-state index in [0.29, 0.717) is 45.6 Å². The van der Waals surface area contributed by atoms with Crippen LogP contribution in [0.5, 0.6) is 0 Å². The fraction of sp³-hybridized carbons (Fsp3) is 0.571. The van der Waals surface area contributed by atoms with Gasteiger partial charge in [0.15, 0.2) is 0 Å². The van der Waals surface area contributed by atoms with E-state index in [9.17, 15) is 14.4 Å². The summed E-state index contributed by atoms with van der Waals surface area (Å²) < 4.78 is 5.02. The first-order chi connectivity index (χ1) is 14.1. The lowest BCUT2D eigenvalue weighted by Crippen LogP contribution is -2.56. The zero-order chi connectivity index (χ0) is 20.6. The van der Waals surface area contributed by atoms with Gasteiger partial charge in [-0.3, -0.25) is 14.5 Å². The average molecular weight is 402 g/mol. The highest BCUT2D eigenvalue weighted by molar-refractivity contribution is 5.89. The first-order valence-corrected chi connectivity index (χ1v) is 10.3. The minimum atomic E-state index is -0.469. The number of nitrogens with zero attached hydrogens (tertiary/aromatic N) is 2. The van der Waals surface area contributed by atoms with Crippen LogP contribution in [0.1, 0.15) is 31.7 Å². The lowest BCUT2D eigenvalue weighted by Gasteiger charge is -2.35. The molecule has 8 nitrogen and oxygen atoms in total. The number of piperazine rings is 1. The first-order valence-electron chi connectivity index (χ1n) is 10.3. The van der Waals surface area contributed by atoms with Crippen molar-refractivity contribution < 1.29 is 19.1 Å². The molecular formula is C21H30N4O4. The van der Waals surface area contributed by atoms with Crippen molar-refractivity contribution >= 4 is 17.9 Å². The normalized spacial score (nSPS) is 20.8. The lowest BCUT2D eigenvalue weighted by atomic mass is 10.0. The molecule has 0 bridgehead atoms. The van der Waals surface area contributed by atoms with Crippen molar-refractivity contribution in [3.05, 3.63) is 35.9 Å². The Bertz CT molecular complexity index is 704. The van der Waals surface area contributed by atoms with Gasteiger partial charge in [-0.1, -0.05) is 30.3 Å². The standard InChI is InChI=1S/C21H30N4O4/c1-2-29-21(28)24-11-8-17(9-12-24)23-19(26)14-18-20(27)22-10-13-25(18)15-16-6-4-3-5-7-16/h3-7,17-18H,2,8-15H2,1H3,(H,22,27)(H,23,26)/t18-/m0/s1. The van der Waals surface area contributed by atoms with Crippen molar-refractivity contribution in [1.29, 1.82) is 0 Å². The van der Waals surface area contributed by atoms with Crippen LogP contribution in [0.3, 0.4) is 0 Å². The number of hydrogen-bond donors (Lipinski definition) is 2. The van der Waals surface area contributed by atoms with Gasteiger partial charge in [0.05, 0.1) is 19.1 Å². The van der Waals surface area contributed by atoms with Crippen molar-refractivity contribution in [2.45, 2.75) is 44.8 Å². The third kappa shape index (κ3) is 5.93. The van der Waals surface area contributed by atoms with Crippen LogP contribution in [-0.2, 0) is 20.9 Å². The molecule has 29 heavy (non-hydrogen) atoms. The molecule has 2 aliphatic rings. The second kappa shape index (κ2) is 10.2. The smallest absolute Gasteiger partial charge is 0.409 e. The molecule has 0 unspecified atom stereocenters. The molecule has 0 radical (unpaired) electrons. The van der Waals surface area contributed by atoms with Gasteiger partial charge in [0.25, 0.3) is 0 Å². The molecule has 3 amide bonds. The number of carbonyl (C=O) groups excluding carboxylic acids is 3. The number of ether oxygens (including phenoxy) is 1. The Hall–Kier alpha value is -2.61. The van der Waals surface area contributed by atoms with Crippen molar-refractivity contribution in [2.75, 3.05) is 32.8 Å². The molecule has 1 atom stereocenters. The molecule has 0 spiro atoms. The van der Waals surface area contributed by atoms with Gasteiger partial charge in [0.2, 0.25) is 11.8 Å². The van der Waals surface area contributed by atoms with E-state index < -0.39 is 6.04 Å². The highest BCUT2D eigenvalue weighted by Gasteiger charge is 2.32. The van der Waals surface area contributed by atoms with Crippen LogP contribution in [0.2, 0.25) is 0 Å². The quantitative estimate of drug-likeness (QED) is 0.744. The summed E-state index contributed by atoms with van der Waals surface area (Å²) in [6.45, 7) is 5.23. The third-order valence-corrected chi connectivity index (χ3v) is 5.43. The second-order valence-corrected chi connectivity index (χ2v) is 7.49. The van der Waals surface area contributed by atoms with Gasteiger partial charge in [-0.25, -0.2) is 4.79 Å². The number of carbonyl (C=O) groups is 3. The minimum absolute atomic E-state index is 0.0161. The Morgan fingerprint density at radius 2 is 1.90 bits per heavy atom.